The fourth-order valence-electron chi connectivity index (χ4n) is 4.82. The summed E-state index contributed by atoms with van der Waals surface area (Å²) in [7, 11) is 2.59. The summed E-state index contributed by atoms with van der Waals surface area (Å²) in [5, 5.41) is -0.192. The molecule has 0 N–H and O–H groups in total. The number of fused-ring (bicyclic) bond motifs is 5. The number of imide groups is 1. The maximum atomic E-state index is 13.4. The monoisotopic (exact) mass is 477 g/mol. The van der Waals surface area contributed by atoms with E-state index in [9.17, 15) is 14.4 Å². The molecular weight excluding hydrogens is 464 g/mol. The Bertz CT molecular complexity index is 960. The average Bonchev–Trinajstić information content (AvgIpc) is 3.12. The Kier molecular flexibility index (Phi) is 4.67. The van der Waals surface area contributed by atoms with Crippen molar-refractivity contribution in [1.29, 1.82) is 0 Å². The van der Waals surface area contributed by atoms with Crippen molar-refractivity contribution in [1.82, 2.24) is 0 Å². The first-order chi connectivity index (χ1) is 13.5. The Morgan fingerprint density at radius 2 is 1.48 bits per heavy atom. The van der Waals surface area contributed by atoms with Gasteiger partial charge < -0.3 is 9.47 Å². The molecule has 1 saturated heterocycles. The van der Waals surface area contributed by atoms with Crippen LogP contribution in [0.4, 0.5) is 5.69 Å². The predicted octanol–water partition coefficient (Wildman–Crippen LogP) is 3.66. The number of ether oxygens (including phenoxy) is 2. The second-order valence-corrected chi connectivity index (χ2v) is 9.10. The maximum Gasteiger partial charge on any atom is 0.240 e. The van der Waals surface area contributed by atoms with Crippen molar-refractivity contribution in [2.24, 2.45) is 11.8 Å². The van der Waals surface area contributed by atoms with E-state index in [1.165, 1.54) is 27.2 Å². The van der Waals surface area contributed by atoms with Crippen LogP contribution in [0.3, 0.4) is 0 Å². The minimum Gasteiger partial charge on any atom is -0.350 e. The summed E-state index contributed by atoms with van der Waals surface area (Å²) in [5.74, 6) is -5.64. The summed E-state index contributed by atoms with van der Waals surface area (Å²) < 4.78 is 11.1. The first kappa shape index (κ1) is 21.1. The number of Topliss-reactive ketones (excluding diaryl/α,β-unsaturated/α-hetero) is 1. The number of anilines is 1. The van der Waals surface area contributed by atoms with Gasteiger partial charge in [0.1, 0.15) is 9.75 Å². The molecule has 1 aromatic rings. The maximum absolute atomic E-state index is 13.4. The van der Waals surface area contributed by atoms with Gasteiger partial charge in [-0.3, -0.25) is 14.4 Å². The molecule has 0 aromatic heterocycles. The highest BCUT2D eigenvalue weighted by Gasteiger charge is 2.89. The van der Waals surface area contributed by atoms with Crippen molar-refractivity contribution < 1.29 is 23.9 Å². The number of carbonyl (C=O) groups excluding carboxylic acids is 3. The summed E-state index contributed by atoms with van der Waals surface area (Å²) >= 11 is 26.6. The van der Waals surface area contributed by atoms with E-state index in [2.05, 4.69) is 0 Å². The molecule has 2 fully saturated rings. The van der Waals surface area contributed by atoms with E-state index >= 15 is 0 Å². The molecule has 3 aliphatic rings. The quantitative estimate of drug-likeness (QED) is 0.286. The molecular formula is C19H15Cl4NO5. The molecule has 1 aliphatic heterocycles. The Hall–Kier alpha value is -1.15. The number of hydrogen-bond acceptors (Lipinski definition) is 5. The van der Waals surface area contributed by atoms with Crippen LogP contribution in [-0.2, 0) is 19.1 Å². The third kappa shape index (κ3) is 2.10. The van der Waals surface area contributed by atoms with Crippen LogP contribution in [0.15, 0.2) is 34.3 Å². The molecule has 1 saturated carbocycles. The number of rotatable bonds is 4. The average molecular weight is 479 g/mol. The Morgan fingerprint density at radius 3 is 1.90 bits per heavy atom. The standard InChI is InChI=1S/C19H15Cl4NO5/c1-8(25)9-5-4-6-10(7-9)24-15(26)11-12(16(24)27)18(23)14(21)13(20)17(11,22)19(18,28-2)29-3/h4-7,11-12H,1-3H3/t11-,12+,17-,18-/m1/s1. The van der Waals surface area contributed by atoms with E-state index in [1.807, 2.05) is 0 Å². The third-order valence-electron chi connectivity index (χ3n) is 6.04. The van der Waals surface area contributed by atoms with Crippen LogP contribution in [0.25, 0.3) is 0 Å². The third-order valence-corrected chi connectivity index (χ3v) is 8.65. The minimum atomic E-state index is -1.83. The second-order valence-electron chi connectivity index (χ2n) is 7.15. The van der Waals surface area contributed by atoms with Gasteiger partial charge in [0.25, 0.3) is 0 Å². The Morgan fingerprint density at radius 1 is 1.00 bits per heavy atom. The Labute approximate surface area is 186 Å². The van der Waals surface area contributed by atoms with Crippen molar-refractivity contribution >= 4 is 69.7 Å². The molecule has 4 rings (SSSR count). The van der Waals surface area contributed by atoms with Gasteiger partial charge in [0.2, 0.25) is 17.6 Å². The smallest absolute Gasteiger partial charge is 0.240 e. The molecule has 1 aromatic carbocycles. The molecule has 29 heavy (non-hydrogen) atoms. The zero-order chi connectivity index (χ0) is 21.5. The van der Waals surface area contributed by atoms with Crippen LogP contribution < -0.4 is 4.90 Å². The fourth-order valence-corrected chi connectivity index (χ4v) is 6.98. The van der Waals surface area contributed by atoms with Crippen LogP contribution in [-0.4, -0.2) is 47.4 Å². The summed E-state index contributed by atoms with van der Waals surface area (Å²) in [6, 6.07) is 6.17. The van der Waals surface area contributed by atoms with Gasteiger partial charge in [-0.05, 0) is 19.1 Å². The summed E-state index contributed by atoms with van der Waals surface area (Å²) in [4.78, 5) is 35.9. The number of nitrogens with zero attached hydrogens (tertiary/aromatic N) is 1. The van der Waals surface area contributed by atoms with Crippen LogP contribution in [0.2, 0.25) is 0 Å². The highest BCUT2D eigenvalue weighted by Crippen LogP contribution is 2.75. The van der Waals surface area contributed by atoms with E-state index in [1.54, 1.807) is 18.2 Å². The van der Waals surface area contributed by atoms with Gasteiger partial charge in [-0.15, -0.1) is 23.2 Å². The normalized spacial score (nSPS) is 34.9. The van der Waals surface area contributed by atoms with Crippen molar-refractivity contribution in [3.05, 3.63) is 39.9 Å². The lowest BCUT2D eigenvalue weighted by Gasteiger charge is -2.42. The zero-order valence-corrected chi connectivity index (χ0v) is 18.5. The summed E-state index contributed by atoms with van der Waals surface area (Å²) in [6.07, 6.45) is 0. The molecule has 4 atom stereocenters. The molecule has 2 amide bonds. The molecule has 154 valence electrons. The molecule has 6 nitrogen and oxygen atoms in total. The molecule has 0 radical (unpaired) electrons. The van der Waals surface area contributed by atoms with Crippen LogP contribution in [0.5, 0.6) is 0 Å². The molecule has 0 spiro atoms. The van der Waals surface area contributed by atoms with Gasteiger partial charge in [0.15, 0.2) is 5.78 Å². The first-order valence-electron chi connectivity index (χ1n) is 8.57. The molecule has 10 heteroatoms. The lowest BCUT2D eigenvalue weighted by Crippen LogP contribution is -2.60. The number of amides is 2. The predicted molar refractivity (Wildman–Crippen MR) is 109 cm³/mol. The van der Waals surface area contributed by atoms with Crippen LogP contribution in [0.1, 0.15) is 17.3 Å². The van der Waals surface area contributed by atoms with Gasteiger partial charge in [-0.2, -0.15) is 0 Å². The number of halogens is 4. The Balaban J connectivity index is 1.91. The molecule has 2 aliphatic carbocycles. The number of alkyl halides is 2. The molecule has 1 heterocycles. The van der Waals surface area contributed by atoms with E-state index in [-0.39, 0.29) is 21.5 Å². The molecule has 2 bridgehead atoms. The minimum absolute atomic E-state index is 0.0960. The largest absolute Gasteiger partial charge is 0.350 e. The highest BCUT2D eigenvalue weighted by molar-refractivity contribution is 6.54. The second kappa shape index (κ2) is 6.42. The number of ketones is 1. The lowest BCUT2D eigenvalue weighted by atomic mass is 9.84. The van der Waals surface area contributed by atoms with Crippen molar-refractivity contribution in [3.63, 3.8) is 0 Å². The van der Waals surface area contributed by atoms with Gasteiger partial charge >= 0.3 is 0 Å². The highest BCUT2D eigenvalue weighted by atomic mass is 35.5. The van der Waals surface area contributed by atoms with E-state index in [0.29, 0.717) is 5.56 Å². The first-order valence-corrected chi connectivity index (χ1v) is 10.1. The van der Waals surface area contributed by atoms with Crippen LogP contribution in [0, 0.1) is 11.8 Å². The van der Waals surface area contributed by atoms with Gasteiger partial charge in [0, 0.05) is 19.8 Å². The molecule has 0 unspecified atom stereocenters. The van der Waals surface area contributed by atoms with Gasteiger partial charge in [-0.1, -0.05) is 35.3 Å². The number of carbonyl (C=O) groups is 3. The number of hydrogen-bond donors (Lipinski definition) is 0. The van der Waals surface area contributed by atoms with Gasteiger partial charge in [-0.25, -0.2) is 4.90 Å². The van der Waals surface area contributed by atoms with Crippen molar-refractivity contribution in [2.45, 2.75) is 22.5 Å². The van der Waals surface area contributed by atoms with Gasteiger partial charge in [0.05, 0.1) is 27.6 Å². The zero-order valence-electron chi connectivity index (χ0n) is 15.5. The summed E-state index contributed by atoms with van der Waals surface area (Å²) in [6.45, 7) is 1.39. The topological polar surface area (TPSA) is 72.9 Å². The van der Waals surface area contributed by atoms with E-state index in [0.717, 1.165) is 4.90 Å². The summed E-state index contributed by atoms with van der Waals surface area (Å²) in [5.41, 5.74) is 0.580. The lowest BCUT2D eigenvalue weighted by molar-refractivity contribution is -0.221. The number of benzene rings is 1. The van der Waals surface area contributed by atoms with E-state index in [4.69, 9.17) is 55.9 Å². The van der Waals surface area contributed by atoms with Crippen molar-refractivity contribution in [2.75, 3.05) is 19.1 Å². The fraction of sp³-hybridized carbons (Fsp3) is 0.421. The van der Waals surface area contributed by atoms with Crippen molar-refractivity contribution in [3.8, 4) is 0 Å². The number of methoxy groups -OCH3 is 2. The SMILES string of the molecule is COC1(OC)[C@]2(Cl)C(Cl)=C(Cl)[C@]1(Cl)[C@H]1C(=O)N(c3cccc(C(C)=O)c3)C(=O)[C@H]12. The van der Waals surface area contributed by atoms with E-state index < -0.39 is 39.2 Å². The van der Waals surface area contributed by atoms with Crippen LogP contribution >= 0.6 is 46.4 Å².